The summed E-state index contributed by atoms with van der Waals surface area (Å²) in [5, 5.41) is 6.32. The summed E-state index contributed by atoms with van der Waals surface area (Å²) in [6.45, 7) is 6.48. The van der Waals surface area contributed by atoms with E-state index in [4.69, 9.17) is 16.3 Å². The van der Waals surface area contributed by atoms with Gasteiger partial charge in [-0.3, -0.25) is 9.59 Å². The van der Waals surface area contributed by atoms with E-state index in [0.717, 1.165) is 17.1 Å². The van der Waals surface area contributed by atoms with Crippen LogP contribution in [0.4, 0.5) is 23.7 Å². The van der Waals surface area contributed by atoms with Crippen molar-refractivity contribution in [2.45, 2.75) is 32.5 Å². The van der Waals surface area contributed by atoms with Crippen molar-refractivity contribution in [1.82, 2.24) is 39.1 Å². The number of benzene rings is 1. The highest BCUT2D eigenvalue weighted by molar-refractivity contribution is 6.34. The smallest absolute Gasteiger partial charge is 0.435 e. The van der Waals surface area contributed by atoms with Gasteiger partial charge in [-0.1, -0.05) is 11.6 Å². The lowest BCUT2D eigenvalue weighted by Gasteiger charge is -2.35. The number of hydrogen-bond acceptors (Lipinski definition) is 8. The Kier molecular flexibility index (Phi) is 8.75. The van der Waals surface area contributed by atoms with Crippen molar-refractivity contribution in [2.75, 3.05) is 31.5 Å². The summed E-state index contributed by atoms with van der Waals surface area (Å²) in [5.41, 5.74) is -1.75. The molecule has 0 saturated carbocycles. The van der Waals surface area contributed by atoms with Crippen molar-refractivity contribution >= 4 is 35.2 Å². The number of nitrogens with one attached hydrogen (secondary N) is 1. The molecule has 1 aliphatic rings. The Hall–Kier alpha value is -4.99. The molecule has 0 spiro atoms. The molecule has 242 valence electrons. The maximum atomic E-state index is 13.9. The lowest BCUT2D eigenvalue weighted by molar-refractivity contribution is -0.140. The number of aromatic nitrogens is 6. The number of carbonyl (C=O) groups is 3. The van der Waals surface area contributed by atoms with E-state index in [-0.39, 0.29) is 58.3 Å². The lowest BCUT2D eigenvalue weighted by atomic mass is 10.1. The third kappa shape index (κ3) is 6.96. The third-order valence-electron chi connectivity index (χ3n) is 6.88. The maximum Gasteiger partial charge on any atom is 0.435 e. The van der Waals surface area contributed by atoms with Crippen molar-refractivity contribution < 1.29 is 32.3 Å². The molecule has 17 heteroatoms. The predicted molar refractivity (Wildman–Crippen MR) is 159 cm³/mol. The van der Waals surface area contributed by atoms with E-state index in [1.165, 1.54) is 53.2 Å². The summed E-state index contributed by atoms with van der Waals surface area (Å²) in [7, 11) is 1.39. The van der Waals surface area contributed by atoms with E-state index in [2.05, 4.69) is 25.4 Å². The zero-order chi connectivity index (χ0) is 33.4. The normalized spacial score (nSPS) is 13.9. The minimum atomic E-state index is -4.82. The molecule has 0 radical (unpaired) electrons. The number of rotatable bonds is 5. The van der Waals surface area contributed by atoms with Crippen LogP contribution in [0.3, 0.4) is 0 Å². The zero-order valence-corrected chi connectivity index (χ0v) is 25.9. The second-order valence-electron chi connectivity index (χ2n) is 11.3. The molecule has 0 atom stereocenters. The van der Waals surface area contributed by atoms with Crippen LogP contribution in [0.25, 0.3) is 17.2 Å². The summed E-state index contributed by atoms with van der Waals surface area (Å²) in [6, 6.07) is 5.84. The summed E-state index contributed by atoms with van der Waals surface area (Å²) in [6.07, 6.45) is -0.280. The van der Waals surface area contributed by atoms with Crippen LogP contribution in [0, 0.1) is 0 Å². The number of amides is 3. The summed E-state index contributed by atoms with van der Waals surface area (Å²) in [5.74, 6) is -1.33. The summed E-state index contributed by atoms with van der Waals surface area (Å²) >= 11 is 6.42. The number of ether oxygens (including phenoxy) is 1. The molecule has 0 aliphatic carbocycles. The molecular formula is C29H29ClF3N9O4. The minimum absolute atomic E-state index is 0.0228. The van der Waals surface area contributed by atoms with E-state index in [1.807, 2.05) is 0 Å². The fraction of sp³-hybridized carbons (Fsp3) is 0.345. The van der Waals surface area contributed by atoms with E-state index < -0.39 is 29.5 Å². The Labute approximate surface area is 265 Å². The van der Waals surface area contributed by atoms with Crippen molar-refractivity contribution in [3.05, 3.63) is 71.2 Å². The number of anilines is 1. The molecular weight excluding hydrogens is 631 g/mol. The van der Waals surface area contributed by atoms with E-state index in [9.17, 15) is 27.6 Å². The van der Waals surface area contributed by atoms with Crippen LogP contribution in [0.2, 0.25) is 5.02 Å². The van der Waals surface area contributed by atoms with Gasteiger partial charge in [-0.25, -0.2) is 24.4 Å². The van der Waals surface area contributed by atoms with Crippen molar-refractivity contribution in [3.63, 3.8) is 0 Å². The Balaban J connectivity index is 1.28. The van der Waals surface area contributed by atoms with Gasteiger partial charge in [0.15, 0.2) is 11.5 Å². The standard InChI is InChI=1S/C29H29ClF3N9O4/c1-28(2,3)46-27(45)41-12-10-40(11-13-41)25(44)18-7-6-17(14-20(18)30)37-24(43)23-36-15-21(39(23)4)19-16-42(26-34-8-5-9-35-26)38-22(19)29(31,32)33/h5-9,14-16H,10-13H2,1-4H3,(H,37,43). The summed E-state index contributed by atoms with van der Waals surface area (Å²) in [4.78, 5) is 53.6. The van der Waals surface area contributed by atoms with Crippen LogP contribution in [0.15, 0.2) is 49.1 Å². The molecule has 0 bridgehead atoms. The van der Waals surface area contributed by atoms with Crippen molar-refractivity contribution in [2.24, 2.45) is 7.05 Å². The Morgan fingerprint density at radius 2 is 1.63 bits per heavy atom. The molecule has 46 heavy (non-hydrogen) atoms. The number of alkyl halides is 3. The molecule has 13 nitrogen and oxygen atoms in total. The molecule has 1 N–H and O–H groups in total. The zero-order valence-electron chi connectivity index (χ0n) is 25.2. The van der Waals surface area contributed by atoms with Gasteiger partial charge in [-0.15, -0.1) is 0 Å². The molecule has 3 aromatic heterocycles. The second-order valence-corrected chi connectivity index (χ2v) is 11.7. The van der Waals surface area contributed by atoms with E-state index in [1.54, 1.807) is 25.7 Å². The second kappa shape index (κ2) is 12.4. The molecule has 1 aromatic carbocycles. The van der Waals surface area contributed by atoms with Gasteiger partial charge in [0.25, 0.3) is 11.8 Å². The van der Waals surface area contributed by atoms with Crippen LogP contribution in [0.5, 0.6) is 0 Å². The number of imidazole rings is 1. The number of hydrogen-bond donors (Lipinski definition) is 1. The molecule has 0 unspecified atom stereocenters. The van der Waals surface area contributed by atoms with E-state index >= 15 is 0 Å². The molecule has 1 aliphatic heterocycles. The molecule has 1 fully saturated rings. The van der Waals surface area contributed by atoms with Crippen molar-refractivity contribution in [1.29, 1.82) is 0 Å². The van der Waals surface area contributed by atoms with Gasteiger partial charge in [0.05, 0.1) is 28.0 Å². The molecule has 4 aromatic rings. The van der Waals surface area contributed by atoms with Gasteiger partial charge in [0.2, 0.25) is 5.95 Å². The lowest BCUT2D eigenvalue weighted by Crippen LogP contribution is -2.51. The highest BCUT2D eigenvalue weighted by Crippen LogP contribution is 2.36. The van der Waals surface area contributed by atoms with Crippen LogP contribution in [-0.2, 0) is 18.0 Å². The Morgan fingerprint density at radius 3 is 2.24 bits per heavy atom. The highest BCUT2D eigenvalue weighted by Gasteiger charge is 2.39. The maximum absolute atomic E-state index is 13.9. The average molecular weight is 660 g/mol. The first-order chi connectivity index (χ1) is 21.6. The van der Waals surface area contributed by atoms with Gasteiger partial charge in [-0.05, 0) is 45.0 Å². The molecule has 1 saturated heterocycles. The fourth-order valence-electron chi connectivity index (χ4n) is 4.70. The molecule has 5 rings (SSSR count). The van der Waals surface area contributed by atoms with Crippen LogP contribution < -0.4 is 5.32 Å². The number of nitrogens with zero attached hydrogens (tertiary/aromatic N) is 8. The molecule has 4 heterocycles. The van der Waals surface area contributed by atoms with Crippen molar-refractivity contribution in [3.8, 4) is 17.2 Å². The quantitative estimate of drug-likeness (QED) is 0.326. The highest BCUT2D eigenvalue weighted by atomic mass is 35.5. The topological polar surface area (TPSA) is 140 Å². The number of carbonyl (C=O) groups excluding carboxylic acids is 3. The van der Waals surface area contributed by atoms with Gasteiger partial charge < -0.3 is 24.4 Å². The third-order valence-corrected chi connectivity index (χ3v) is 7.20. The number of piperazine rings is 1. The first-order valence-corrected chi connectivity index (χ1v) is 14.3. The monoisotopic (exact) mass is 659 g/mol. The van der Waals surface area contributed by atoms with Gasteiger partial charge in [-0.2, -0.15) is 18.3 Å². The number of halogens is 4. The first-order valence-electron chi connectivity index (χ1n) is 14.0. The van der Waals surface area contributed by atoms with Crippen LogP contribution >= 0.6 is 11.6 Å². The Morgan fingerprint density at radius 1 is 0.978 bits per heavy atom. The van der Waals surface area contributed by atoms with Gasteiger partial charge in [0, 0.05) is 57.5 Å². The largest absolute Gasteiger partial charge is 0.444 e. The van der Waals surface area contributed by atoms with Gasteiger partial charge in [0.1, 0.15) is 5.60 Å². The predicted octanol–water partition coefficient (Wildman–Crippen LogP) is 4.68. The molecule has 3 amide bonds. The fourth-order valence-corrected chi connectivity index (χ4v) is 4.96. The van der Waals surface area contributed by atoms with Gasteiger partial charge >= 0.3 is 12.3 Å². The average Bonchev–Trinajstić information content (AvgIpc) is 3.61. The van der Waals surface area contributed by atoms with E-state index in [0.29, 0.717) is 13.1 Å². The summed E-state index contributed by atoms with van der Waals surface area (Å²) < 4.78 is 49.2. The first kappa shape index (κ1) is 32.4. The minimum Gasteiger partial charge on any atom is -0.444 e. The van der Waals surface area contributed by atoms with Crippen LogP contribution in [0.1, 0.15) is 47.4 Å². The Bertz CT molecular complexity index is 1780. The SMILES string of the molecule is Cn1c(-c2cn(-c3ncccn3)nc2C(F)(F)F)cnc1C(=O)Nc1ccc(C(=O)N2CCN(C(=O)OC(C)(C)C)CC2)c(Cl)c1. The van der Waals surface area contributed by atoms with Crippen LogP contribution in [-0.4, -0.2) is 88.8 Å².